The van der Waals surface area contributed by atoms with E-state index in [1.807, 2.05) is 20.8 Å². The van der Waals surface area contributed by atoms with Crippen LogP contribution in [-0.4, -0.2) is 23.6 Å². The first kappa shape index (κ1) is 18.4. The molecule has 0 saturated heterocycles. The molecule has 0 atom stereocenters. The summed E-state index contributed by atoms with van der Waals surface area (Å²) < 4.78 is 11.1. The van der Waals surface area contributed by atoms with Crippen LogP contribution in [0.5, 0.6) is 11.5 Å². The Kier molecular flexibility index (Phi) is 5.57. The predicted molar refractivity (Wildman–Crippen MR) is 95.6 cm³/mol. The van der Waals surface area contributed by atoms with Crippen LogP contribution in [0.1, 0.15) is 31.1 Å². The zero-order valence-electron chi connectivity index (χ0n) is 13.8. The molecule has 0 aliphatic heterocycles. The zero-order valence-corrected chi connectivity index (χ0v) is 15.3. The second-order valence-corrected chi connectivity index (χ2v) is 6.83. The number of ether oxygens (including phenoxy) is 2. The van der Waals surface area contributed by atoms with Crippen molar-refractivity contribution >= 4 is 34.8 Å². The summed E-state index contributed by atoms with van der Waals surface area (Å²) >= 11 is 12.0. The number of nitrogens with zero attached hydrogens (tertiary/aromatic N) is 1. The molecule has 1 N–H and O–H groups in total. The summed E-state index contributed by atoms with van der Waals surface area (Å²) in [5, 5.41) is 3.20. The van der Waals surface area contributed by atoms with Crippen LogP contribution in [0.2, 0.25) is 10.0 Å². The average molecular weight is 369 g/mol. The summed E-state index contributed by atoms with van der Waals surface area (Å²) in [5.74, 6) is 0.650. The standard InChI is InChI=1S/C17H18Cl2N2O3/c1-17(2,3)24-14-7-10(5-6-13(14)23-4)16(22)21-15-11(18)8-20-9-12(15)19/h5-9H,1-4H3,(H,20,21,22). The first-order valence-corrected chi connectivity index (χ1v) is 7.94. The van der Waals surface area contributed by atoms with Gasteiger partial charge in [-0.15, -0.1) is 0 Å². The van der Waals surface area contributed by atoms with Gasteiger partial charge in [-0.2, -0.15) is 0 Å². The Morgan fingerprint density at radius 3 is 2.29 bits per heavy atom. The number of anilines is 1. The minimum atomic E-state index is -0.430. The molecule has 0 saturated carbocycles. The number of carbonyl (C=O) groups is 1. The van der Waals surface area contributed by atoms with Crippen LogP contribution in [0.4, 0.5) is 5.69 Å². The lowest BCUT2D eigenvalue weighted by Crippen LogP contribution is -2.23. The smallest absolute Gasteiger partial charge is 0.255 e. The van der Waals surface area contributed by atoms with E-state index in [1.165, 1.54) is 12.4 Å². The molecule has 0 bridgehead atoms. The molecule has 0 unspecified atom stereocenters. The molecule has 5 nitrogen and oxygen atoms in total. The molecule has 7 heteroatoms. The van der Waals surface area contributed by atoms with Gasteiger partial charge < -0.3 is 14.8 Å². The Bertz CT molecular complexity index is 738. The Morgan fingerprint density at radius 1 is 1.12 bits per heavy atom. The number of methoxy groups -OCH3 is 1. The van der Waals surface area contributed by atoms with Crippen molar-refractivity contribution in [3.63, 3.8) is 0 Å². The largest absolute Gasteiger partial charge is 0.493 e. The van der Waals surface area contributed by atoms with Crippen LogP contribution >= 0.6 is 23.2 Å². The van der Waals surface area contributed by atoms with E-state index in [-0.39, 0.29) is 16.0 Å². The second kappa shape index (κ2) is 7.28. The van der Waals surface area contributed by atoms with Gasteiger partial charge in [0.05, 0.1) is 22.8 Å². The summed E-state index contributed by atoms with van der Waals surface area (Å²) in [7, 11) is 1.54. The summed E-state index contributed by atoms with van der Waals surface area (Å²) in [6, 6.07) is 4.92. The minimum Gasteiger partial charge on any atom is -0.493 e. The number of carbonyl (C=O) groups excluding carboxylic acids is 1. The lowest BCUT2D eigenvalue weighted by molar-refractivity contribution is 0.102. The van der Waals surface area contributed by atoms with Crippen molar-refractivity contribution in [1.29, 1.82) is 0 Å². The lowest BCUT2D eigenvalue weighted by Gasteiger charge is -2.23. The lowest BCUT2D eigenvalue weighted by atomic mass is 10.1. The van der Waals surface area contributed by atoms with Crippen molar-refractivity contribution in [3.05, 3.63) is 46.2 Å². The Balaban J connectivity index is 2.31. The molecular weight excluding hydrogens is 351 g/mol. The number of halogens is 2. The maximum absolute atomic E-state index is 12.5. The quantitative estimate of drug-likeness (QED) is 0.839. The third kappa shape index (κ3) is 4.52. The molecule has 2 aromatic rings. The number of hydrogen-bond donors (Lipinski definition) is 1. The van der Waals surface area contributed by atoms with Crippen LogP contribution in [-0.2, 0) is 0 Å². The van der Waals surface area contributed by atoms with E-state index in [4.69, 9.17) is 32.7 Å². The Labute approximate surface area is 150 Å². The van der Waals surface area contributed by atoms with Crippen LogP contribution in [0.3, 0.4) is 0 Å². The predicted octanol–water partition coefficient (Wildman–Crippen LogP) is 4.83. The van der Waals surface area contributed by atoms with Gasteiger partial charge in [0.1, 0.15) is 5.60 Å². The molecule has 0 spiro atoms. The molecular formula is C17H18Cl2N2O3. The van der Waals surface area contributed by atoms with E-state index in [1.54, 1.807) is 25.3 Å². The highest BCUT2D eigenvalue weighted by Gasteiger charge is 2.18. The number of rotatable bonds is 4. The van der Waals surface area contributed by atoms with Gasteiger partial charge in [-0.3, -0.25) is 9.78 Å². The maximum atomic E-state index is 12.5. The highest BCUT2D eigenvalue weighted by molar-refractivity contribution is 6.39. The van der Waals surface area contributed by atoms with E-state index in [0.29, 0.717) is 22.7 Å². The van der Waals surface area contributed by atoms with Gasteiger partial charge in [0, 0.05) is 18.0 Å². The second-order valence-electron chi connectivity index (χ2n) is 6.01. The van der Waals surface area contributed by atoms with E-state index in [9.17, 15) is 4.79 Å². The monoisotopic (exact) mass is 368 g/mol. The minimum absolute atomic E-state index is 0.260. The van der Waals surface area contributed by atoms with Crippen molar-refractivity contribution in [2.24, 2.45) is 0 Å². The SMILES string of the molecule is COc1ccc(C(=O)Nc2c(Cl)cncc2Cl)cc1OC(C)(C)C. The summed E-state index contributed by atoms with van der Waals surface area (Å²) in [4.78, 5) is 16.3. The fraction of sp³-hybridized carbons (Fsp3) is 0.294. The summed E-state index contributed by atoms with van der Waals surface area (Å²) in [6.07, 6.45) is 2.82. The average Bonchev–Trinajstić information content (AvgIpc) is 2.49. The molecule has 128 valence electrons. The molecule has 0 aliphatic rings. The fourth-order valence-electron chi connectivity index (χ4n) is 1.94. The third-order valence-electron chi connectivity index (χ3n) is 2.93. The van der Waals surface area contributed by atoms with Crippen molar-refractivity contribution in [1.82, 2.24) is 4.98 Å². The topological polar surface area (TPSA) is 60.5 Å². The highest BCUT2D eigenvalue weighted by atomic mass is 35.5. The van der Waals surface area contributed by atoms with Gasteiger partial charge in [-0.1, -0.05) is 23.2 Å². The number of hydrogen-bond acceptors (Lipinski definition) is 4. The van der Waals surface area contributed by atoms with Crippen LogP contribution in [0.25, 0.3) is 0 Å². The zero-order chi connectivity index (χ0) is 17.9. The number of benzene rings is 1. The molecule has 24 heavy (non-hydrogen) atoms. The van der Waals surface area contributed by atoms with Crippen LogP contribution < -0.4 is 14.8 Å². The highest BCUT2D eigenvalue weighted by Crippen LogP contribution is 2.33. The third-order valence-corrected chi connectivity index (χ3v) is 3.51. The number of aromatic nitrogens is 1. The first-order valence-electron chi connectivity index (χ1n) is 7.18. The Hall–Kier alpha value is -1.98. The van der Waals surface area contributed by atoms with E-state index in [0.717, 1.165) is 0 Å². The number of pyridine rings is 1. The van der Waals surface area contributed by atoms with E-state index in [2.05, 4.69) is 10.3 Å². The normalized spacial score (nSPS) is 11.1. The van der Waals surface area contributed by atoms with E-state index >= 15 is 0 Å². The Morgan fingerprint density at radius 2 is 1.75 bits per heavy atom. The molecule has 0 radical (unpaired) electrons. The van der Waals surface area contributed by atoms with Gasteiger partial charge >= 0.3 is 0 Å². The summed E-state index contributed by atoms with van der Waals surface area (Å²) in [6.45, 7) is 5.74. The molecule has 0 aliphatic carbocycles. The van der Waals surface area contributed by atoms with Crippen molar-refractivity contribution in [3.8, 4) is 11.5 Å². The summed E-state index contributed by atoms with van der Waals surface area (Å²) in [5.41, 5.74) is 0.270. The van der Waals surface area contributed by atoms with Gasteiger partial charge in [-0.25, -0.2) is 0 Å². The molecule has 1 amide bonds. The molecule has 1 heterocycles. The van der Waals surface area contributed by atoms with Gasteiger partial charge in [0.2, 0.25) is 0 Å². The molecule has 2 rings (SSSR count). The number of nitrogens with one attached hydrogen (secondary N) is 1. The van der Waals surface area contributed by atoms with Gasteiger partial charge in [0.25, 0.3) is 5.91 Å². The van der Waals surface area contributed by atoms with Crippen LogP contribution in [0.15, 0.2) is 30.6 Å². The fourth-order valence-corrected chi connectivity index (χ4v) is 2.40. The van der Waals surface area contributed by atoms with Gasteiger partial charge in [0.15, 0.2) is 11.5 Å². The van der Waals surface area contributed by atoms with E-state index < -0.39 is 5.60 Å². The van der Waals surface area contributed by atoms with Crippen molar-refractivity contribution < 1.29 is 14.3 Å². The van der Waals surface area contributed by atoms with Gasteiger partial charge in [-0.05, 0) is 39.0 Å². The molecule has 0 fully saturated rings. The van der Waals surface area contributed by atoms with Crippen molar-refractivity contribution in [2.75, 3.05) is 12.4 Å². The molecule has 1 aromatic carbocycles. The van der Waals surface area contributed by atoms with Crippen LogP contribution in [0, 0.1) is 0 Å². The maximum Gasteiger partial charge on any atom is 0.255 e. The first-order chi connectivity index (χ1) is 11.2. The number of amides is 1. The van der Waals surface area contributed by atoms with Crippen molar-refractivity contribution in [2.45, 2.75) is 26.4 Å². The molecule has 1 aromatic heterocycles.